The van der Waals surface area contributed by atoms with Gasteiger partial charge in [0.05, 0.1) is 0 Å². The Morgan fingerprint density at radius 1 is 0.969 bits per heavy atom. The molecule has 3 aromatic rings. The number of pyridine rings is 1. The average molecular weight is 539 g/mol. The van der Waals surface area contributed by atoms with Crippen molar-refractivity contribution < 1.29 is 29.4 Å². The van der Waals surface area contributed by atoms with Crippen LogP contribution in [0.15, 0.2) is 85.1 Å². The van der Waals surface area contributed by atoms with Gasteiger partial charge in [-0.05, 0) is 23.6 Å². The SMILES string of the molecule is CC(=O)O.[CH2-]CCCCPc1ccccc1.[CH2-]Cc1ccccn1.[CH3-].[Ru+4].[c-]1ccccc1. The number of nitrogens with zero attached hydrogens (tertiary/aromatic N) is 1. The molecule has 1 heterocycles. The molecule has 0 aliphatic rings. The van der Waals surface area contributed by atoms with Crippen LogP contribution in [0.1, 0.15) is 31.9 Å². The maximum Gasteiger partial charge on any atom is 4.00 e. The fourth-order valence-electron chi connectivity index (χ4n) is 1.98. The molecule has 0 saturated heterocycles. The summed E-state index contributed by atoms with van der Waals surface area (Å²) in [5.74, 6) is -0.833. The summed E-state index contributed by atoms with van der Waals surface area (Å²) in [7, 11) is 0.987. The number of carboxylic acid groups (broad SMARTS) is 1. The minimum Gasteiger partial charge on any atom is -0.481 e. The zero-order valence-electron chi connectivity index (χ0n) is 19.2. The van der Waals surface area contributed by atoms with E-state index in [9.17, 15) is 0 Å². The normalized spacial score (nSPS) is 8.72. The Morgan fingerprint density at radius 2 is 1.53 bits per heavy atom. The molecule has 1 aromatic heterocycles. The zero-order chi connectivity index (χ0) is 22.3. The van der Waals surface area contributed by atoms with Gasteiger partial charge in [0.1, 0.15) is 0 Å². The number of unbranched alkanes of at least 4 members (excludes halogenated alkanes) is 2. The van der Waals surface area contributed by atoms with Crippen molar-refractivity contribution in [3.8, 4) is 0 Å². The Hall–Kier alpha value is -1.89. The molecule has 0 aliphatic carbocycles. The van der Waals surface area contributed by atoms with Crippen molar-refractivity contribution in [2.24, 2.45) is 0 Å². The van der Waals surface area contributed by atoms with Crippen LogP contribution < -0.4 is 5.30 Å². The first-order valence-corrected chi connectivity index (χ1v) is 11.2. The van der Waals surface area contributed by atoms with Gasteiger partial charge in [-0.15, -0.1) is 6.42 Å². The van der Waals surface area contributed by atoms with Crippen LogP contribution in [-0.2, 0) is 30.7 Å². The van der Waals surface area contributed by atoms with E-state index in [1.165, 1.54) is 24.3 Å². The minimum absolute atomic E-state index is 0. The average Bonchev–Trinajstić information content (AvgIpc) is 2.80. The van der Waals surface area contributed by atoms with Gasteiger partial charge >= 0.3 is 19.5 Å². The summed E-state index contributed by atoms with van der Waals surface area (Å²) < 4.78 is 0. The molecule has 1 N–H and O–H groups in total. The molecule has 0 amide bonds. The predicted molar refractivity (Wildman–Crippen MR) is 137 cm³/mol. The topological polar surface area (TPSA) is 50.2 Å². The molecule has 1 atom stereocenters. The fourth-order valence-corrected chi connectivity index (χ4v) is 3.12. The molecule has 2 aromatic carbocycles. The number of hydrogen-bond acceptors (Lipinski definition) is 2. The van der Waals surface area contributed by atoms with E-state index in [4.69, 9.17) is 9.90 Å². The van der Waals surface area contributed by atoms with Gasteiger partial charge in [0.2, 0.25) is 0 Å². The molecule has 0 spiro atoms. The van der Waals surface area contributed by atoms with E-state index in [2.05, 4.69) is 55.2 Å². The van der Waals surface area contributed by atoms with Crippen molar-refractivity contribution >= 4 is 19.9 Å². The summed E-state index contributed by atoms with van der Waals surface area (Å²) in [5.41, 5.74) is 1.05. The Bertz CT molecular complexity index is 698. The molecular formula is C27H36NO2PRu. The van der Waals surface area contributed by atoms with Gasteiger partial charge < -0.3 is 26.4 Å². The third-order valence-electron chi connectivity index (χ3n) is 3.37. The Labute approximate surface area is 210 Å². The summed E-state index contributed by atoms with van der Waals surface area (Å²) in [6.07, 6.45) is 7.58. The van der Waals surface area contributed by atoms with E-state index < -0.39 is 5.97 Å². The molecule has 3 nitrogen and oxygen atoms in total. The van der Waals surface area contributed by atoms with Gasteiger partial charge in [0, 0.05) is 18.8 Å². The van der Waals surface area contributed by atoms with E-state index in [1.807, 2.05) is 48.5 Å². The number of aromatic nitrogens is 1. The van der Waals surface area contributed by atoms with Crippen LogP contribution in [0, 0.1) is 27.3 Å². The molecule has 3 rings (SSSR count). The molecule has 5 heteroatoms. The Morgan fingerprint density at radius 3 is 1.91 bits per heavy atom. The second-order valence-electron chi connectivity index (χ2n) is 6.02. The van der Waals surface area contributed by atoms with E-state index in [0.717, 1.165) is 34.0 Å². The second kappa shape index (κ2) is 27.1. The standard InChI is InChI=1S/C11H16P.C7H8N.C6H5.C2H4O2.CH3.Ru/c1-2-3-7-10-12-11-8-5-4-6-9-11;1-2-7-5-3-4-6-8-7;1-2-4-6-5-3-1;1-2(3)4;;/h4-6,8-9,12H,1-3,7,10H2;3-6H,1-2H2;1-5H;1H3,(H,3,4);1H3;/q3*-1;;-1;+4. The fraction of sp³-hybridized carbons (Fsp3) is 0.222. The van der Waals surface area contributed by atoms with E-state index in [1.54, 1.807) is 6.20 Å². The predicted octanol–water partition coefficient (Wildman–Crippen LogP) is 6.48. The summed E-state index contributed by atoms with van der Waals surface area (Å²) in [4.78, 5) is 13.0. The van der Waals surface area contributed by atoms with E-state index in [0.29, 0.717) is 0 Å². The van der Waals surface area contributed by atoms with Crippen LogP contribution in [0.4, 0.5) is 0 Å². The Balaban J connectivity index is -0.000000369. The van der Waals surface area contributed by atoms with Gasteiger partial charge in [0.25, 0.3) is 5.97 Å². The third-order valence-corrected chi connectivity index (χ3v) is 4.71. The summed E-state index contributed by atoms with van der Waals surface area (Å²) in [6.45, 7) is 8.61. The van der Waals surface area contributed by atoms with Crippen molar-refractivity contribution in [2.45, 2.75) is 32.6 Å². The molecule has 0 saturated carbocycles. The van der Waals surface area contributed by atoms with Crippen LogP contribution >= 0.6 is 8.58 Å². The molecule has 0 fully saturated rings. The maximum atomic E-state index is 9.00. The molecule has 32 heavy (non-hydrogen) atoms. The molecule has 1 unspecified atom stereocenters. The first-order chi connectivity index (χ1) is 14.6. The van der Waals surface area contributed by atoms with Crippen molar-refractivity contribution in [3.63, 3.8) is 0 Å². The van der Waals surface area contributed by atoms with Crippen molar-refractivity contribution in [1.82, 2.24) is 4.98 Å². The maximum absolute atomic E-state index is 9.00. The largest absolute Gasteiger partial charge is 4.00 e. The zero-order valence-corrected chi connectivity index (χ0v) is 21.9. The summed E-state index contributed by atoms with van der Waals surface area (Å²) in [6, 6.07) is 29.1. The number of aliphatic carboxylic acids is 1. The van der Waals surface area contributed by atoms with Gasteiger partial charge in [-0.2, -0.15) is 42.8 Å². The number of carboxylic acids is 1. The molecule has 174 valence electrons. The number of carbonyl (C=O) groups is 1. The van der Waals surface area contributed by atoms with Crippen LogP contribution in [0.2, 0.25) is 0 Å². The van der Waals surface area contributed by atoms with Crippen LogP contribution in [-0.4, -0.2) is 22.2 Å². The van der Waals surface area contributed by atoms with Crippen LogP contribution in [0.5, 0.6) is 0 Å². The second-order valence-corrected chi connectivity index (χ2v) is 7.45. The quantitative estimate of drug-likeness (QED) is 0.169. The van der Waals surface area contributed by atoms with Gasteiger partial charge in [-0.1, -0.05) is 57.8 Å². The molecule has 0 bridgehead atoms. The number of benzene rings is 2. The monoisotopic (exact) mass is 539 g/mol. The minimum atomic E-state index is -0.833. The molecule has 0 radical (unpaired) electrons. The Kier molecular flexibility index (Phi) is 29.5. The van der Waals surface area contributed by atoms with Crippen molar-refractivity contribution in [2.75, 3.05) is 6.16 Å². The smallest absolute Gasteiger partial charge is 0.481 e. The first-order valence-electron chi connectivity index (χ1n) is 9.98. The molecule has 0 aliphatic heterocycles. The van der Waals surface area contributed by atoms with E-state index >= 15 is 0 Å². The third kappa shape index (κ3) is 26.1. The van der Waals surface area contributed by atoms with Gasteiger partial charge in [-0.3, -0.25) is 9.78 Å². The summed E-state index contributed by atoms with van der Waals surface area (Å²) in [5, 5.41) is 8.90. The van der Waals surface area contributed by atoms with Gasteiger partial charge in [0.15, 0.2) is 0 Å². The van der Waals surface area contributed by atoms with Crippen LogP contribution in [0.25, 0.3) is 0 Å². The summed E-state index contributed by atoms with van der Waals surface area (Å²) >= 11 is 0. The van der Waals surface area contributed by atoms with E-state index in [-0.39, 0.29) is 26.9 Å². The van der Waals surface area contributed by atoms with Crippen molar-refractivity contribution in [1.29, 1.82) is 0 Å². The number of hydrogen-bond donors (Lipinski definition) is 1. The number of rotatable bonds is 6. The van der Waals surface area contributed by atoms with Gasteiger partial charge in [-0.25, -0.2) is 0 Å². The molecular weight excluding hydrogens is 502 g/mol. The first kappa shape index (κ1) is 34.7. The van der Waals surface area contributed by atoms with Crippen molar-refractivity contribution in [3.05, 3.63) is 118 Å². The van der Waals surface area contributed by atoms with Crippen LogP contribution in [0.3, 0.4) is 0 Å².